The molecular formula is C26H29N3O3. The van der Waals surface area contributed by atoms with Gasteiger partial charge in [-0.05, 0) is 87.0 Å². The number of nitrogens with zero attached hydrogens (tertiary/aromatic N) is 1. The zero-order chi connectivity index (χ0) is 21.9. The number of piperidine rings is 1. The van der Waals surface area contributed by atoms with E-state index in [1.54, 1.807) is 0 Å². The van der Waals surface area contributed by atoms with E-state index in [2.05, 4.69) is 27.8 Å². The fourth-order valence-electron chi connectivity index (χ4n) is 4.97. The van der Waals surface area contributed by atoms with Gasteiger partial charge in [-0.15, -0.1) is 0 Å². The third-order valence-corrected chi connectivity index (χ3v) is 6.54. The topological polar surface area (TPSA) is 72.5 Å². The third-order valence-electron chi connectivity index (χ3n) is 6.54. The second-order valence-corrected chi connectivity index (χ2v) is 8.67. The maximum Gasteiger partial charge on any atom is 0.262 e. The lowest BCUT2D eigenvalue weighted by Gasteiger charge is -2.33. The molecule has 2 aliphatic rings. The lowest BCUT2D eigenvalue weighted by Crippen LogP contribution is -2.32. The number of hydrogen-bond donors (Lipinski definition) is 2. The van der Waals surface area contributed by atoms with Gasteiger partial charge in [-0.25, -0.2) is 0 Å². The minimum atomic E-state index is -0.101. The maximum atomic E-state index is 11.8. The van der Waals surface area contributed by atoms with Crippen molar-refractivity contribution in [3.63, 3.8) is 0 Å². The normalized spacial score (nSPS) is 17.3. The van der Waals surface area contributed by atoms with Crippen LogP contribution in [0.4, 0.5) is 5.69 Å². The molecule has 2 aromatic carbocycles. The molecule has 5 rings (SSSR count). The second kappa shape index (κ2) is 9.17. The maximum absolute atomic E-state index is 11.8. The number of fused-ring (bicyclic) bond motifs is 2. The summed E-state index contributed by atoms with van der Waals surface area (Å²) in [6, 6.07) is 16.2. The van der Waals surface area contributed by atoms with E-state index >= 15 is 0 Å². The Morgan fingerprint density at radius 3 is 2.84 bits per heavy atom. The number of aryl methyl sites for hydroxylation is 1. The van der Waals surface area contributed by atoms with E-state index in [9.17, 15) is 4.79 Å². The van der Waals surface area contributed by atoms with Crippen molar-refractivity contribution >= 4 is 22.5 Å². The molecule has 3 aromatic rings. The Hall–Kier alpha value is -3.12. The second-order valence-electron chi connectivity index (χ2n) is 8.67. The fraction of sp³-hybridized carbons (Fsp3) is 0.385. The number of amides is 1. The number of carbonyl (C=O) groups is 1. The average molecular weight is 432 g/mol. The highest BCUT2D eigenvalue weighted by Gasteiger charge is 2.30. The third kappa shape index (κ3) is 4.28. The van der Waals surface area contributed by atoms with Crippen molar-refractivity contribution in [3.05, 3.63) is 59.8 Å². The Labute approximate surface area is 188 Å². The molecule has 166 valence electrons. The predicted octanol–water partition coefficient (Wildman–Crippen LogP) is 4.43. The molecule has 1 amide bonds. The van der Waals surface area contributed by atoms with E-state index < -0.39 is 0 Å². The predicted molar refractivity (Wildman–Crippen MR) is 125 cm³/mol. The van der Waals surface area contributed by atoms with Crippen LogP contribution in [0.3, 0.4) is 0 Å². The Bertz CT molecular complexity index is 1120. The Morgan fingerprint density at radius 2 is 1.97 bits per heavy atom. The van der Waals surface area contributed by atoms with Gasteiger partial charge in [0.25, 0.3) is 5.91 Å². The van der Waals surface area contributed by atoms with Gasteiger partial charge in [0, 0.05) is 11.1 Å². The summed E-state index contributed by atoms with van der Waals surface area (Å²) >= 11 is 0. The van der Waals surface area contributed by atoms with Gasteiger partial charge in [0.1, 0.15) is 11.5 Å². The molecule has 1 saturated heterocycles. The van der Waals surface area contributed by atoms with Crippen molar-refractivity contribution < 1.29 is 14.3 Å². The molecule has 0 saturated carbocycles. The van der Waals surface area contributed by atoms with Gasteiger partial charge < -0.3 is 20.1 Å². The van der Waals surface area contributed by atoms with Gasteiger partial charge in [-0.3, -0.25) is 9.78 Å². The minimum Gasteiger partial charge on any atom is -0.493 e. The number of nitrogens with one attached hydrogen (secondary N) is 2. The van der Waals surface area contributed by atoms with Crippen molar-refractivity contribution in [2.24, 2.45) is 5.92 Å². The summed E-state index contributed by atoms with van der Waals surface area (Å²) in [4.78, 5) is 16.4. The van der Waals surface area contributed by atoms with Gasteiger partial charge in [0.2, 0.25) is 0 Å². The number of hydrogen-bond acceptors (Lipinski definition) is 5. The first-order valence-electron chi connectivity index (χ1n) is 11.4. The van der Waals surface area contributed by atoms with Gasteiger partial charge in [0.15, 0.2) is 6.61 Å². The van der Waals surface area contributed by atoms with Crippen LogP contribution in [0.25, 0.3) is 10.9 Å². The lowest BCUT2D eigenvalue weighted by atomic mass is 9.78. The number of pyridine rings is 1. The van der Waals surface area contributed by atoms with Crippen molar-refractivity contribution in [3.8, 4) is 11.5 Å². The molecular weight excluding hydrogens is 402 g/mol. The van der Waals surface area contributed by atoms with Crippen LogP contribution in [0.1, 0.15) is 36.4 Å². The van der Waals surface area contributed by atoms with E-state index in [1.807, 2.05) is 43.3 Å². The summed E-state index contributed by atoms with van der Waals surface area (Å²) in [5, 5.41) is 7.46. The number of anilines is 1. The zero-order valence-electron chi connectivity index (χ0n) is 18.4. The minimum absolute atomic E-state index is 0.0713. The summed E-state index contributed by atoms with van der Waals surface area (Å²) in [7, 11) is 0. The van der Waals surface area contributed by atoms with E-state index in [-0.39, 0.29) is 12.5 Å². The Balaban J connectivity index is 1.39. The summed E-state index contributed by atoms with van der Waals surface area (Å²) in [6.07, 6.45) is 3.13. The van der Waals surface area contributed by atoms with Gasteiger partial charge in [0.05, 0.1) is 17.8 Å². The van der Waals surface area contributed by atoms with Crippen molar-refractivity contribution in [1.29, 1.82) is 0 Å². The van der Waals surface area contributed by atoms with Crippen molar-refractivity contribution in [2.75, 3.05) is 31.6 Å². The molecule has 6 nitrogen and oxygen atoms in total. The number of rotatable bonds is 6. The summed E-state index contributed by atoms with van der Waals surface area (Å²) < 4.78 is 12.2. The van der Waals surface area contributed by atoms with Crippen LogP contribution in [-0.2, 0) is 4.79 Å². The van der Waals surface area contributed by atoms with Crippen LogP contribution in [0.2, 0.25) is 0 Å². The van der Waals surface area contributed by atoms with Crippen LogP contribution in [0.5, 0.6) is 11.5 Å². The highest BCUT2D eigenvalue weighted by Crippen LogP contribution is 2.43. The molecule has 1 aromatic heterocycles. The first kappa shape index (κ1) is 20.8. The molecule has 3 heterocycles. The molecule has 0 radical (unpaired) electrons. The standard InChI is InChI=1S/C26H29N3O3/c1-17-8-9-21-22(28-17)5-3-7-24(21)31-15-12-19(18-10-13-27-14-11-18)20-4-2-6-23-26(20)32-16-25(30)29-23/h2-9,18-19,27H,10-16H2,1H3,(H,29,30). The first-order valence-corrected chi connectivity index (χ1v) is 11.4. The molecule has 1 unspecified atom stereocenters. The quantitative estimate of drug-likeness (QED) is 0.604. The fourth-order valence-corrected chi connectivity index (χ4v) is 4.97. The van der Waals surface area contributed by atoms with E-state index in [1.165, 1.54) is 5.56 Å². The molecule has 0 spiro atoms. The van der Waals surface area contributed by atoms with E-state index in [4.69, 9.17) is 9.47 Å². The van der Waals surface area contributed by atoms with Crippen LogP contribution < -0.4 is 20.1 Å². The molecule has 0 aliphatic carbocycles. The lowest BCUT2D eigenvalue weighted by molar-refractivity contribution is -0.118. The monoisotopic (exact) mass is 431 g/mol. The SMILES string of the molecule is Cc1ccc2c(OCCC(c3cccc4c3OCC(=O)N4)C3CCNCC3)cccc2n1. The van der Waals surface area contributed by atoms with Gasteiger partial charge >= 0.3 is 0 Å². The Kier molecular flexibility index (Phi) is 5.95. The largest absolute Gasteiger partial charge is 0.493 e. The van der Waals surface area contributed by atoms with Crippen LogP contribution in [0, 0.1) is 12.8 Å². The van der Waals surface area contributed by atoms with Gasteiger partial charge in [-0.2, -0.15) is 0 Å². The highest BCUT2D eigenvalue weighted by molar-refractivity contribution is 5.95. The molecule has 2 N–H and O–H groups in total. The smallest absolute Gasteiger partial charge is 0.262 e. The van der Waals surface area contributed by atoms with Crippen molar-refractivity contribution in [2.45, 2.75) is 32.1 Å². The zero-order valence-corrected chi connectivity index (χ0v) is 18.4. The highest BCUT2D eigenvalue weighted by atomic mass is 16.5. The average Bonchev–Trinajstić information content (AvgIpc) is 2.82. The number of benzene rings is 2. The number of ether oxygens (including phenoxy) is 2. The number of carbonyl (C=O) groups excluding carboxylic acids is 1. The molecule has 6 heteroatoms. The van der Waals surface area contributed by atoms with Gasteiger partial charge in [-0.1, -0.05) is 18.2 Å². The molecule has 32 heavy (non-hydrogen) atoms. The molecule has 0 bridgehead atoms. The summed E-state index contributed by atoms with van der Waals surface area (Å²) in [6.45, 7) is 4.74. The number of para-hydroxylation sites is 1. The van der Waals surface area contributed by atoms with E-state index in [0.29, 0.717) is 18.4 Å². The van der Waals surface area contributed by atoms with Crippen LogP contribution in [0.15, 0.2) is 48.5 Å². The molecule has 1 atom stereocenters. The summed E-state index contributed by atoms with van der Waals surface area (Å²) in [5.41, 5.74) is 3.91. The number of aromatic nitrogens is 1. The van der Waals surface area contributed by atoms with E-state index in [0.717, 1.165) is 66.1 Å². The van der Waals surface area contributed by atoms with Crippen LogP contribution in [-0.4, -0.2) is 37.2 Å². The van der Waals surface area contributed by atoms with Crippen molar-refractivity contribution in [1.82, 2.24) is 10.3 Å². The Morgan fingerprint density at radius 1 is 1.12 bits per heavy atom. The van der Waals surface area contributed by atoms with Crippen LogP contribution >= 0.6 is 0 Å². The molecule has 1 fully saturated rings. The first-order chi connectivity index (χ1) is 15.7. The summed E-state index contributed by atoms with van der Waals surface area (Å²) in [5.74, 6) is 2.44. The molecule has 2 aliphatic heterocycles.